The van der Waals surface area contributed by atoms with Crippen LogP contribution in [0.25, 0.3) is 11.6 Å². The van der Waals surface area contributed by atoms with Crippen molar-refractivity contribution >= 4 is 29.0 Å². The molecule has 3 aromatic heterocycles. The molecule has 0 saturated heterocycles. The molecule has 0 atom stereocenters. The third-order valence-electron chi connectivity index (χ3n) is 3.78. The van der Waals surface area contributed by atoms with Crippen LogP contribution in [-0.4, -0.2) is 25.9 Å². The van der Waals surface area contributed by atoms with Crippen molar-refractivity contribution in [1.29, 1.82) is 0 Å². The molecule has 122 valence electrons. The lowest BCUT2D eigenvalue weighted by atomic mass is 10.3. The molecule has 1 aliphatic carbocycles. The number of H-pyrrole nitrogens is 1. The predicted molar refractivity (Wildman–Crippen MR) is 88.6 cm³/mol. The number of carbonyl (C=O) groups is 1. The van der Waals surface area contributed by atoms with E-state index in [-0.39, 0.29) is 11.5 Å². The highest BCUT2D eigenvalue weighted by atomic mass is 35.5. The standard InChI is InChI=1S/C16H14ClN5O2/c1-8(23)12-4-5-13(24-12)16-18-7-10(17)15(20-16)19-14-6-11(21-22-14)9-2-3-9/h4-7,9H,2-3H2,1H3,(H2,18,19,20,21,22). The lowest BCUT2D eigenvalue weighted by molar-refractivity contribution is 0.0988. The van der Waals surface area contributed by atoms with Gasteiger partial charge >= 0.3 is 0 Å². The van der Waals surface area contributed by atoms with Crippen LogP contribution in [0.3, 0.4) is 0 Å². The highest BCUT2D eigenvalue weighted by molar-refractivity contribution is 6.32. The molecule has 0 spiro atoms. The van der Waals surface area contributed by atoms with Crippen LogP contribution in [0, 0.1) is 0 Å². The maximum atomic E-state index is 11.3. The number of Topliss-reactive ketones (excluding diaryl/α,β-unsaturated/α-hetero) is 1. The Kier molecular flexibility index (Phi) is 3.57. The number of hydrogen-bond donors (Lipinski definition) is 2. The summed E-state index contributed by atoms with van der Waals surface area (Å²) in [6.45, 7) is 1.44. The average Bonchev–Trinajstić information content (AvgIpc) is 3.10. The van der Waals surface area contributed by atoms with Crippen molar-refractivity contribution < 1.29 is 9.21 Å². The Balaban J connectivity index is 1.61. The van der Waals surface area contributed by atoms with Crippen molar-refractivity contribution in [3.05, 3.63) is 40.9 Å². The molecule has 24 heavy (non-hydrogen) atoms. The third kappa shape index (κ3) is 2.90. The Morgan fingerprint density at radius 2 is 2.25 bits per heavy atom. The number of anilines is 2. The molecule has 3 aromatic rings. The van der Waals surface area contributed by atoms with E-state index in [2.05, 4.69) is 25.5 Å². The number of nitrogens with zero attached hydrogens (tertiary/aromatic N) is 3. The topological polar surface area (TPSA) is 96.7 Å². The zero-order valence-electron chi connectivity index (χ0n) is 12.8. The Morgan fingerprint density at radius 3 is 2.96 bits per heavy atom. The predicted octanol–water partition coefficient (Wildman–Crippen LogP) is 3.94. The zero-order valence-corrected chi connectivity index (χ0v) is 13.6. The molecule has 7 nitrogen and oxygen atoms in total. The first-order valence-electron chi connectivity index (χ1n) is 7.56. The molecule has 0 bridgehead atoms. The van der Waals surface area contributed by atoms with E-state index in [4.69, 9.17) is 16.0 Å². The van der Waals surface area contributed by atoms with Gasteiger partial charge in [0.1, 0.15) is 5.02 Å². The molecule has 1 fully saturated rings. The van der Waals surface area contributed by atoms with Gasteiger partial charge in [-0.1, -0.05) is 11.6 Å². The molecule has 1 aliphatic rings. The Morgan fingerprint density at radius 1 is 1.42 bits per heavy atom. The molecule has 4 rings (SSSR count). The number of hydrogen-bond acceptors (Lipinski definition) is 6. The Bertz CT molecular complexity index is 913. The van der Waals surface area contributed by atoms with E-state index in [9.17, 15) is 4.79 Å². The second-order valence-electron chi connectivity index (χ2n) is 5.72. The molecular weight excluding hydrogens is 330 g/mol. The van der Waals surface area contributed by atoms with E-state index >= 15 is 0 Å². The van der Waals surface area contributed by atoms with Gasteiger partial charge in [-0.2, -0.15) is 5.10 Å². The lowest BCUT2D eigenvalue weighted by Gasteiger charge is -2.05. The molecular formula is C16H14ClN5O2. The van der Waals surface area contributed by atoms with Crippen LogP contribution in [0.2, 0.25) is 5.02 Å². The van der Waals surface area contributed by atoms with Crippen molar-refractivity contribution in [1.82, 2.24) is 20.2 Å². The summed E-state index contributed by atoms with van der Waals surface area (Å²) < 4.78 is 5.45. The van der Waals surface area contributed by atoms with Crippen molar-refractivity contribution in [2.75, 3.05) is 5.32 Å². The van der Waals surface area contributed by atoms with Gasteiger partial charge in [0.05, 0.1) is 6.20 Å². The molecule has 0 amide bonds. The van der Waals surface area contributed by atoms with Crippen molar-refractivity contribution in [2.45, 2.75) is 25.7 Å². The first kappa shape index (κ1) is 14.9. The van der Waals surface area contributed by atoms with E-state index in [1.807, 2.05) is 6.07 Å². The van der Waals surface area contributed by atoms with Crippen LogP contribution in [0.15, 0.2) is 28.8 Å². The monoisotopic (exact) mass is 343 g/mol. The molecule has 0 radical (unpaired) electrons. The van der Waals surface area contributed by atoms with Crippen LogP contribution >= 0.6 is 11.6 Å². The Hall–Kier alpha value is -2.67. The summed E-state index contributed by atoms with van der Waals surface area (Å²) in [6, 6.07) is 5.21. The summed E-state index contributed by atoms with van der Waals surface area (Å²) in [4.78, 5) is 19.9. The van der Waals surface area contributed by atoms with E-state index in [1.165, 1.54) is 26.0 Å². The second kappa shape index (κ2) is 5.76. The van der Waals surface area contributed by atoms with Gasteiger partial charge in [-0.25, -0.2) is 9.97 Å². The number of carbonyl (C=O) groups excluding carboxylic acids is 1. The van der Waals surface area contributed by atoms with Crippen LogP contribution in [-0.2, 0) is 0 Å². The second-order valence-corrected chi connectivity index (χ2v) is 6.13. The maximum Gasteiger partial charge on any atom is 0.197 e. The fourth-order valence-electron chi connectivity index (χ4n) is 2.35. The zero-order chi connectivity index (χ0) is 16.7. The van der Waals surface area contributed by atoms with E-state index in [0.717, 1.165) is 5.69 Å². The minimum atomic E-state index is -0.155. The molecule has 2 N–H and O–H groups in total. The highest BCUT2D eigenvalue weighted by Crippen LogP contribution is 2.39. The van der Waals surface area contributed by atoms with Crippen LogP contribution < -0.4 is 5.32 Å². The van der Waals surface area contributed by atoms with E-state index < -0.39 is 0 Å². The minimum Gasteiger partial charge on any atom is -0.450 e. The van der Waals surface area contributed by atoms with Gasteiger partial charge in [-0.05, 0) is 25.0 Å². The number of ketones is 1. The molecule has 8 heteroatoms. The van der Waals surface area contributed by atoms with Gasteiger partial charge in [0.15, 0.2) is 34.8 Å². The van der Waals surface area contributed by atoms with E-state index in [0.29, 0.717) is 34.2 Å². The number of aromatic nitrogens is 4. The van der Waals surface area contributed by atoms with Gasteiger partial charge < -0.3 is 9.73 Å². The van der Waals surface area contributed by atoms with Gasteiger partial charge in [0.25, 0.3) is 0 Å². The Labute approximate surface area is 142 Å². The lowest BCUT2D eigenvalue weighted by Crippen LogP contribution is -1.98. The third-order valence-corrected chi connectivity index (χ3v) is 4.06. The molecule has 3 heterocycles. The smallest absolute Gasteiger partial charge is 0.197 e. The van der Waals surface area contributed by atoms with Crippen molar-refractivity contribution in [2.24, 2.45) is 0 Å². The van der Waals surface area contributed by atoms with Crippen molar-refractivity contribution in [3.8, 4) is 11.6 Å². The van der Waals surface area contributed by atoms with E-state index in [1.54, 1.807) is 12.1 Å². The largest absolute Gasteiger partial charge is 0.450 e. The summed E-state index contributed by atoms with van der Waals surface area (Å²) in [5.74, 6) is 2.51. The number of rotatable bonds is 5. The highest BCUT2D eigenvalue weighted by Gasteiger charge is 2.25. The summed E-state index contributed by atoms with van der Waals surface area (Å²) in [6.07, 6.45) is 3.87. The summed E-state index contributed by atoms with van der Waals surface area (Å²) in [5.41, 5.74) is 1.11. The van der Waals surface area contributed by atoms with Gasteiger partial charge in [-0.3, -0.25) is 9.89 Å². The normalized spacial score (nSPS) is 13.9. The number of nitrogens with one attached hydrogen (secondary N) is 2. The van der Waals surface area contributed by atoms with Crippen molar-refractivity contribution in [3.63, 3.8) is 0 Å². The molecule has 0 aromatic carbocycles. The summed E-state index contributed by atoms with van der Waals surface area (Å²) in [5, 5.41) is 10.7. The molecule has 0 aliphatic heterocycles. The summed E-state index contributed by atoms with van der Waals surface area (Å²) in [7, 11) is 0. The fourth-order valence-corrected chi connectivity index (χ4v) is 2.48. The summed E-state index contributed by atoms with van der Waals surface area (Å²) >= 11 is 6.16. The first-order chi connectivity index (χ1) is 11.6. The number of halogens is 1. The fraction of sp³-hybridized carbons (Fsp3) is 0.250. The number of furan rings is 1. The van der Waals surface area contributed by atoms with Gasteiger partial charge in [0.2, 0.25) is 0 Å². The van der Waals surface area contributed by atoms with Crippen LogP contribution in [0.5, 0.6) is 0 Å². The van der Waals surface area contributed by atoms with Gasteiger partial charge in [-0.15, -0.1) is 0 Å². The average molecular weight is 344 g/mol. The maximum absolute atomic E-state index is 11.3. The molecule has 0 unspecified atom stereocenters. The first-order valence-corrected chi connectivity index (χ1v) is 7.94. The molecule has 1 saturated carbocycles. The number of aromatic amines is 1. The van der Waals surface area contributed by atoms with Crippen LogP contribution in [0.1, 0.15) is 41.9 Å². The SMILES string of the molecule is CC(=O)c1ccc(-c2ncc(Cl)c(Nc3cc(C4CC4)[nH]n3)n2)o1. The quantitative estimate of drug-likeness (QED) is 0.681. The van der Waals surface area contributed by atoms with Gasteiger partial charge in [0, 0.05) is 24.6 Å². The van der Waals surface area contributed by atoms with Crippen LogP contribution in [0.4, 0.5) is 11.6 Å². The minimum absolute atomic E-state index is 0.155.